The average molecular weight is 391 g/mol. The minimum absolute atomic E-state index is 0.134. The average Bonchev–Trinajstić information content (AvgIpc) is 3.14. The molecule has 1 heterocycles. The first-order chi connectivity index (χ1) is 13.0. The molecule has 0 fully saturated rings. The quantitative estimate of drug-likeness (QED) is 0.525. The van der Waals surface area contributed by atoms with E-state index in [1.54, 1.807) is 36.4 Å². The Morgan fingerprint density at radius 3 is 2.63 bits per heavy atom. The first-order valence-electron chi connectivity index (χ1n) is 8.50. The van der Waals surface area contributed by atoms with E-state index in [4.69, 9.17) is 30.5 Å². The number of methoxy groups -OCH3 is 1. The topological polar surface area (TPSA) is 71.1 Å². The van der Waals surface area contributed by atoms with Crippen molar-refractivity contribution in [1.29, 1.82) is 0 Å². The third-order valence-electron chi connectivity index (χ3n) is 4.15. The third kappa shape index (κ3) is 4.17. The van der Waals surface area contributed by atoms with Gasteiger partial charge < -0.3 is 18.9 Å². The van der Waals surface area contributed by atoms with E-state index in [-0.39, 0.29) is 6.79 Å². The van der Waals surface area contributed by atoms with Crippen molar-refractivity contribution in [3.8, 4) is 17.2 Å². The molecular formula is C20H19ClO6. The summed E-state index contributed by atoms with van der Waals surface area (Å²) in [6, 6.07) is 10.0. The van der Waals surface area contributed by atoms with E-state index in [0.717, 1.165) is 12.0 Å². The van der Waals surface area contributed by atoms with Gasteiger partial charge in [0.05, 0.1) is 12.7 Å². The van der Waals surface area contributed by atoms with Crippen molar-refractivity contribution in [2.75, 3.05) is 13.9 Å². The minimum Gasteiger partial charge on any atom is -0.476 e. The summed E-state index contributed by atoms with van der Waals surface area (Å²) in [5.41, 5.74) is 1.77. The molecule has 0 spiro atoms. The van der Waals surface area contributed by atoms with E-state index >= 15 is 0 Å². The molecule has 0 N–H and O–H groups in total. The number of aryl methyl sites for hydroxylation is 1. The first-order valence-corrected chi connectivity index (χ1v) is 8.88. The van der Waals surface area contributed by atoms with E-state index in [2.05, 4.69) is 0 Å². The molecule has 0 saturated heterocycles. The van der Waals surface area contributed by atoms with Crippen LogP contribution in [0.15, 0.2) is 36.4 Å². The van der Waals surface area contributed by atoms with Crippen LogP contribution in [0.5, 0.6) is 17.2 Å². The molecule has 2 aromatic rings. The zero-order valence-electron chi connectivity index (χ0n) is 15.0. The number of carbonyl (C=O) groups excluding carboxylic acids is 2. The molecule has 0 radical (unpaired) electrons. The number of fused-ring (bicyclic) bond motifs is 1. The summed E-state index contributed by atoms with van der Waals surface area (Å²) in [6.45, 7) is 2.14. The van der Waals surface area contributed by atoms with Crippen LogP contribution in [0.1, 0.15) is 40.9 Å². The molecule has 0 saturated carbocycles. The van der Waals surface area contributed by atoms with Gasteiger partial charge in [-0.2, -0.15) is 0 Å². The van der Waals surface area contributed by atoms with Crippen LogP contribution in [0.25, 0.3) is 0 Å². The lowest BCUT2D eigenvalue weighted by molar-refractivity contribution is -0.118. The van der Waals surface area contributed by atoms with Crippen molar-refractivity contribution in [2.24, 2.45) is 0 Å². The van der Waals surface area contributed by atoms with Crippen molar-refractivity contribution in [1.82, 2.24) is 0 Å². The SMILES string of the molecule is CCCc1cc(C(=O)OC)ccc1OC(C(=O)Cl)c1ccc2c(c1)OCO2. The highest BCUT2D eigenvalue weighted by atomic mass is 35.5. The highest BCUT2D eigenvalue weighted by molar-refractivity contribution is 6.64. The summed E-state index contributed by atoms with van der Waals surface area (Å²) in [4.78, 5) is 23.8. The van der Waals surface area contributed by atoms with Crippen LogP contribution in [0.2, 0.25) is 0 Å². The van der Waals surface area contributed by atoms with Gasteiger partial charge in [-0.05, 0) is 53.9 Å². The fourth-order valence-electron chi connectivity index (χ4n) is 2.85. The van der Waals surface area contributed by atoms with Gasteiger partial charge in [-0.1, -0.05) is 19.4 Å². The molecule has 3 rings (SSSR count). The Morgan fingerprint density at radius 2 is 1.93 bits per heavy atom. The van der Waals surface area contributed by atoms with Gasteiger partial charge in [0.1, 0.15) is 5.75 Å². The molecule has 1 atom stereocenters. The maximum absolute atomic E-state index is 12.0. The first kappa shape index (κ1) is 19.0. The van der Waals surface area contributed by atoms with Crippen molar-refractivity contribution in [2.45, 2.75) is 25.9 Å². The van der Waals surface area contributed by atoms with Crippen LogP contribution in [0, 0.1) is 0 Å². The number of ether oxygens (including phenoxy) is 4. The van der Waals surface area contributed by atoms with Crippen LogP contribution in [-0.4, -0.2) is 25.1 Å². The van der Waals surface area contributed by atoms with Gasteiger partial charge in [-0.3, -0.25) is 4.79 Å². The Hall–Kier alpha value is -2.73. The largest absolute Gasteiger partial charge is 0.476 e. The van der Waals surface area contributed by atoms with E-state index in [9.17, 15) is 9.59 Å². The lowest BCUT2D eigenvalue weighted by Crippen LogP contribution is -2.15. The fraction of sp³-hybridized carbons (Fsp3) is 0.300. The normalized spacial score (nSPS) is 13.1. The van der Waals surface area contributed by atoms with Crippen molar-refractivity contribution in [3.05, 3.63) is 53.1 Å². The number of esters is 1. The highest BCUT2D eigenvalue weighted by Gasteiger charge is 2.25. The van der Waals surface area contributed by atoms with E-state index in [1.807, 2.05) is 6.92 Å². The van der Waals surface area contributed by atoms with Gasteiger partial charge in [0.2, 0.25) is 6.79 Å². The van der Waals surface area contributed by atoms with E-state index in [1.165, 1.54) is 7.11 Å². The number of rotatable bonds is 7. The molecule has 27 heavy (non-hydrogen) atoms. The molecule has 142 valence electrons. The predicted octanol–water partition coefficient (Wildman–Crippen LogP) is 4.04. The summed E-state index contributed by atoms with van der Waals surface area (Å²) in [5, 5.41) is -0.659. The summed E-state index contributed by atoms with van der Waals surface area (Å²) < 4.78 is 21.3. The zero-order valence-corrected chi connectivity index (χ0v) is 15.7. The van der Waals surface area contributed by atoms with Gasteiger partial charge in [0, 0.05) is 5.56 Å². The Morgan fingerprint density at radius 1 is 1.15 bits per heavy atom. The summed E-state index contributed by atoms with van der Waals surface area (Å²) in [5.74, 6) is 1.20. The van der Waals surface area contributed by atoms with Crippen LogP contribution < -0.4 is 14.2 Å². The second kappa shape index (κ2) is 8.31. The second-order valence-corrected chi connectivity index (χ2v) is 6.35. The molecule has 0 aliphatic carbocycles. The van der Waals surface area contributed by atoms with Gasteiger partial charge in [0.25, 0.3) is 5.24 Å². The summed E-state index contributed by atoms with van der Waals surface area (Å²) in [6.07, 6.45) is 0.496. The molecule has 1 unspecified atom stereocenters. The van der Waals surface area contributed by atoms with Gasteiger partial charge in [-0.25, -0.2) is 4.79 Å². The van der Waals surface area contributed by atoms with Crippen molar-refractivity contribution < 1.29 is 28.5 Å². The van der Waals surface area contributed by atoms with Gasteiger partial charge >= 0.3 is 5.97 Å². The minimum atomic E-state index is -1.01. The summed E-state index contributed by atoms with van der Waals surface area (Å²) in [7, 11) is 1.33. The Bertz CT molecular complexity index is 864. The molecule has 1 aliphatic heterocycles. The smallest absolute Gasteiger partial charge is 0.337 e. The third-order valence-corrected chi connectivity index (χ3v) is 4.35. The van der Waals surface area contributed by atoms with Gasteiger partial charge in [-0.15, -0.1) is 0 Å². The lowest BCUT2D eigenvalue weighted by Gasteiger charge is -2.19. The molecule has 0 bridgehead atoms. The maximum atomic E-state index is 12.0. The van der Waals surface area contributed by atoms with Crippen LogP contribution in [0.4, 0.5) is 0 Å². The number of hydrogen-bond donors (Lipinski definition) is 0. The standard InChI is InChI=1S/C20H19ClO6/c1-3-4-12-9-14(20(23)24-2)6-7-15(12)27-18(19(21)22)13-5-8-16-17(10-13)26-11-25-16/h5-10,18H,3-4,11H2,1-2H3. The molecule has 7 heteroatoms. The molecular weight excluding hydrogens is 372 g/mol. The lowest BCUT2D eigenvalue weighted by atomic mass is 10.0. The van der Waals surface area contributed by atoms with Crippen LogP contribution >= 0.6 is 11.6 Å². The second-order valence-electron chi connectivity index (χ2n) is 5.98. The van der Waals surface area contributed by atoms with E-state index in [0.29, 0.717) is 34.8 Å². The number of hydrogen-bond acceptors (Lipinski definition) is 6. The number of carbonyl (C=O) groups is 2. The Balaban J connectivity index is 1.92. The number of halogens is 1. The van der Waals surface area contributed by atoms with Crippen LogP contribution in [-0.2, 0) is 16.0 Å². The van der Waals surface area contributed by atoms with Crippen LogP contribution in [0.3, 0.4) is 0 Å². The van der Waals surface area contributed by atoms with Crippen molar-refractivity contribution in [3.63, 3.8) is 0 Å². The van der Waals surface area contributed by atoms with Gasteiger partial charge in [0.15, 0.2) is 17.6 Å². The molecule has 2 aromatic carbocycles. The number of benzene rings is 2. The maximum Gasteiger partial charge on any atom is 0.337 e. The highest BCUT2D eigenvalue weighted by Crippen LogP contribution is 2.36. The monoisotopic (exact) mass is 390 g/mol. The Kier molecular flexibility index (Phi) is 5.86. The van der Waals surface area contributed by atoms with Crippen molar-refractivity contribution >= 4 is 22.8 Å². The zero-order chi connectivity index (χ0) is 19.4. The Labute approximate surface area is 161 Å². The predicted molar refractivity (Wildman–Crippen MR) is 98.6 cm³/mol. The molecule has 1 aliphatic rings. The molecule has 0 aromatic heterocycles. The molecule has 6 nitrogen and oxygen atoms in total. The molecule has 0 amide bonds. The summed E-state index contributed by atoms with van der Waals surface area (Å²) >= 11 is 5.80. The fourth-order valence-corrected chi connectivity index (χ4v) is 3.02. The van der Waals surface area contributed by atoms with E-state index < -0.39 is 17.3 Å².